The quantitative estimate of drug-likeness (QED) is 0.526. The van der Waals surface area contributed by atoms with Gasteiger partial charge < -0.3 is 20.9 Å². The highest BCUT2D eigenvalue weighted by Gasteiger charge is 2.22. The van der Waals surface area contributed by atoms with Gasteiger partial charge in [0.15, 0.2) is 0 Å². The van der Waals surface area contributed by atoms with Gasteiger partial charge >= 0.3 is 6.03 Å². The molecule has 4 amide bonds. The number of hydrogen-bond donors (Lipinski definition) is 3. The molecule has 8 heteroatoms. The molecule has 0 saturated carbocycles. The van der Waals surface area contributed by atoms with E-state index < -0.39 is 0 Å². The van der Waals surface area contributed by atoms with Crippen LogP contribution in [-0.4, -0.2) is 60.4 Å². The summed E-state index contributed by atoms with van der Waals surface area (Å²) in [5, 5.41) is 8.59. The molecule has 0 aliphatic carbocycles. The number of nitrogens with zero attached hydrogens (tertiary/aromatic N) is 2. The molecule has 174 valence electrons. The lowest BCUT2D eigenvalue weighted by atomic mass is 10.2. The van der Waals surface area contributed by atoms with E-state index in [-0.39, 0.29) is 24.4 Å². The Morgan fingerprint density at radius 3 is 1.74 bits per heavy atom. The van der Waals surface area contributed by atoms with Gasteiger partial charge in [0.1, 0.15) is 0 Å². The monoisotopic (exact) mass is 457 g/mol. The topological polar surface area (TPSA) is 93.8 Å². The first-order valence-electron chi connectivity index (χ1n) is 11.2. The Hall–Kier alpha value is -4.17. The molecule has 3 N–H and O–H groups in total. The van der Waals surface area contributed by atoms with Crippen molar-refractivity contribution in [3.05, 3.63) is 90.5 Å². The van der Waals surface area contributed by atoms with E-state index in [9.17, 15) is 14.4 Å². The Morgan fingerprint density at radius 2 is 1.15 bits per heavy atom. The third-order valence-corrected chi connectivity index (χ3v) is 5.51. The second-order valence-electron chi connectivity index (χ2n) is 8.01. The van der Waals surface area contributed by atoms with Gasteiger partial charge in [-0.1, -0.05) is 36.4 Å². The fraction of sp³-hybridized carbons (Fsp3) is 0.192. The first-order valence-corrected chi connectivity index (χ1v) is 11.2. The van der Waals surface area contributed by atoms with Crippen LogP contribution in [0, 0.1) is 0 Å². The molecule has 3 aromatic rings. The molecule has 1 aliphatic rings. The minimum absolute atomic E-state index is 0.0690. The Balaban J connectivity index is 1.21. The maximum absolute atomic E-state index is 12.6. The van der Waals surface area contributed by atoms with Crippen molar-refractivity contribution in [3.63, 3.8) is 0 Å². The van der Waals surface area contributed by atoms with Crippen LogP contribution in [0.4, 0.5) is 21.9 Å². The summed E-state index contributed by atoms with van der Waals surface area (Å²) in [4.78, 5) is 41.0. The molecule has 0 radical (unpaired) electrons. The zero-order chi connectivity index (χ0) is 23.8. The van der Waals surface area contributed by atoms with Crippen molar-refractivity contribution in [2.45, 2.75) is 0 Å². The second-order valence-corrected chi connectivity index (χ2v) is 8.01. The molecule has 8 nitrogen and oxygen atoms in total. The summed E-state index contributed by atoms with van der Waals surface area (Å²) in [6.07, 6.45) is 0. The van der Waals surface area contributed by atoms with Gasteiger partial charge in [0, 0.05) is 48.8 Å². The van der Waals surface area contributed by atoms with Gasteiger partial charge in [-0.15, -0.1) is 0 Å². The van der Waals surface area contributed by atoms with Crippen molar-refractivity contribution in [2.75, 3.05) is 48.7 Å². The average Bonchev–Trinajstić information content (AvgIpc) is 2.86. The van der Waals surface area contributed by atoms with Crippen LogP contribution in [0.2, 0.25) is 0 Å². The highest BCUT2D eigenvalue weighted by atomic mass is 16.2. The third-order valence-electron chi connectivity index (χ3n) is 5.51. The molecule has 3 aromatic carbocycles. The van der Waals surface area contributed by atoms with Gasteiger partial charge in [-0.3, -0.25) is 14.5 Å². The van der Waals surface area contributed by atoms with Gasteiger partial charge in [0.05, 0.1) is 6.54 Å². The van der Waals surface area contributed by atoms with Crippen molar-refractivity contribution < 1.29 is 14.4 Å². The Morgan fingerprint density at radius 1 is 0.618 bits per heavy atom. The largest absolute Gasteiger partial charge is 0.325 e. The van der Waals surface area contributed by atoms with E-state index in [1.807, 2.05) is 65.6 Å². The van der Waals surface area contributed by atoms with Crippen molar-refractivity contribution in [1.82, 2.24) is 9.80 Å². The maximum Gasteiger partial charge on any atom is 0.321 e. The fourth-order valence-electron chi connectivity index (χ4n) is 3.67. The number of rotatable bonds is 6. The van der Waals surface area contributed by atoms with E-state index in [4.69, 9.17) is 0 Å². The number of anilines is 3. The predicted molar refractivity (Wildman–Crippen MR) is 133 cm³/mol. The van der Waals surface area contributed by atoms with Crippen molar-refractivity contribution in [1.29, 1.82) is 0 Å². The Bertz CT molecular complexity index is 1110. The number of urea groups is 1. The minimum atomic E-state index is -0.212. The number of piperazine rings is 1. The fourth-order valence-corrected chi connectivity index (χ4v) is 3.67. The highest BCUT2D eigenvalue weighted by Crippen LogP contribution is 2.14. The molecular weight excluding hydrogens is 430 g/mol. The molecule has 1 saturated heterocycles. The van der Waals surface area contributed by atoms with Crippen molar-refractivity contribution >= 4 is 34.9 Å². The molecule has 1 fully saturated rings. The molecular formula is C26H27N5O3. The van der Waals surface area contributed by atoms with Crippen LogP contribution in [0.25, 0.3) is 0 Å². The van der Waals surface area contributed by atoms with E-state index in [0.717, 1.165) is 11.4 Å². The number of para-hydroxylation sites is 2. The van der Waals surface area contributed by atoms with Crippen LogP contribution in [0.15, 0.2) is 84.9 Å². The number of hydrogen-bond acceptors (Lipinski definition) is 4. The lowest BCUT2D eigenvalue weighted by Crippen LogP contribution is -2.51. The zero-order valence-corrected chi connectivity index (χ0v) is 18.7. The third kappa shape index (κ3) is 6.43. The lowest BCUT2D eigenvalue weighted by Gasteiger charge is -2.34. The number of benzene rings is 3. The van der Waals surface area contributed by atoms with Gasteiger partial charge in [-0.05, 0) is 48.5 Å². The van der Waals surface area contributed by atoms with Crippen molar-refractivity contribution in [3.8, 4) is 0 Å². The van der Waals surface area contributed by atoms with E-state index in [2.05, 4.69) is 16.0 Å². The predicted octanol–water partition coefficient (Wildman–Crippen LogP) is 3.73. The summed E-state index contributed by atoms with van der Waals surface area (Å²) in [5.74, 6) is -0.281. The molecule has 0 unspecified atom stereocenters. The first kappa shape index (κ1) is 23.0. The first-order chi connectivity index (χ1) is 16.6. The van der Waals surface area contributed by atoms with Gasteiger partial charge in [-0.25, -0.2) is 4.79 Å². The summed E-state index contributed by atoms with van der Waals surface area (Å²) < 4.78 is 0. The lowest BCUT2D eigenvalue weighted by molar-refractivity contribution is -0.117. The maximum atomic E-state index is 12.6. The van der Waals surface area contributed by atoms with E-state index in [1.165, 1.54) is 0 Å². The number of carbonyl (C=O) groups is 3. The second kappa shape index (κ2) is 11.1. The molecule has 34 heavy (non-hydrogen) atoms. The van der Waals surface area contributed by atoms with Crippen LogP contribution in [0.3, 0.4) is 0 Å². The number of nitrogens with one attached hydrogen (secondary N) is 3. The average molecular weight is 458 g/mol. The zero-order valence-electron chi connectivity index (χ0n) is 18.7. The summed E-state index contributed by atoms with van der Waals surface area (Å²) in [6.45, 7) is 2.59. The molecule has 0 aromatic heterocycles. The molecule has 0 bridgehead atoms. The Kier molecular flexibility index (Phi) is 7.52. The molecule has 0 atom stereocenters. The van der Waals surface area contributed by atoms with Gasteiger partial charge in [0.2, 0.25) is 5.91 Å². The molecule has 4 rings (SSSR count). The molecule has 0 spiro atoms. The standard InChI is InChI=1S/C26H27N5O3/c32-24(27-21-7-3-1-4-8-21)19-30-15-17-31(18-16-30)26(34)29-23-13-11-20(12-14-23)25(33)28-22-9-5-2-6-10-22/h1-14H,15-19H2,(H,27,32)(H,28,33)(H,29,34). The summed E-state index contributed by atoms with van der Waals surface area (Å²) in [7, 11) is 0. The number of carbonyl (C=O) groups excluding carboxylic acids is 3. The van der Waals surface area contributed by atoms with E-state index in [1.54, 1.807) is 29.2 Å². The van der Waals surface area contributed by atoms with Crippen LogP contribution >= 0.6 is 0 Å². The van der Waals surface area contributed by atoms with E-state index in [0.29, 0.717) is 37.4 Å². The minimum Gasteiger partial charge on any atom is -0.325 e. The van der Waals surface area contributed by atoms with Gasteiger partial charge in [-0.2, -0.15) is 0 Å². The molecule has 1 aliphatic heterocycles. The van der Waals surface area contributed by atoms with Crippen LogP contribution in [0.1, 0.15) is 10.4 Å². The normalized spacial score (nSPS) is 13.7. The van der Waals surface area contributed by atoms with Crippen LogP contribution in [0.5, 0.6) is 0 Å². The summed E-state index contributed by atoms with van der Waals surface area (Å²) in [5.41, 5.74) is 2.62. The molecule has 1 heterocycles. The van der Waals surface area contributed by atoms with Gasteiger partial charge in [0.25, 0.3) is 5.91 Å². The summed E-state index contributed by atoms with van der Waals surface area (Å²) >= 11 is 0. The summed E-state index contributed by atoms with van der Waals surface area (Å²) in [6, 6.07) is 25.2. The number of amides is 4. The van der Waals surface area contributed by atoms with Crippen LogP contribution in [-0.2, 0) is 4.79 Å². The van der Waals surface area contributed by atoms with Crippen molar-refractivity contribution in [2.24, 2.45) is 0 Å². The highest BCUT2D eigenvalue weighted by molar-refractivity contribution is 6.04. The Labute approximate surface area is 198 Å². The van der Waals surface area contributed by atoms with Crippen LogP contribution < -0.4 is 16.0 Å². The van der Waals surface area contributed by atoms with E-state index >= 15 is 0 Å². The SMILES string of the molecule is O=C(CN1CCN(C(=O)Nc2ccc(C(=O)Nc3ccccc3)cc2)CC1)Nc1ccccc1. The smallest absolute Gasteiger partial charge is 0.321 e.